The molecule has 28 heavy (non-hydrogen) atoms. The minimum atomic E-state index is 0.159. The van der Waals surface area contributed by atoms with Crippen molar-refractivity contribution in [2.45, 2.75) is 25.4 Å². The molecule has 0 radical (unpaired) electrons. The molecule has 142 valence electrons. The van der Waals surface area contributed by atoms with Crippen LogP contribution < -0.4 is 4.74 Å². The Morgan fingerprint density at radius 2 is 1.86 bits per heavy atom. The van der Waals surface area contributed by atoms with Crippen LogP contribution in [-0.4, -0.2) is 28.8 Å². The fourth-order valence-corrected chi connectivity index (χ4v) is 4.80. The van der Waals surface area contributed by atoms with Crippen molar-refractivity contribution in [3.63, 3.8) is 0 Å². The summed E-state index contributed by atoms with van der Waals surface area (Å²) in [5.41, 5.74) is 6.52. The van der Waals surface area contributed by atoms with Gasteiger partial charge in [-0.2, -0.15) is 0 Å². The second-order valence-corrected chi connectivity index (χ2v) is 7.64. The van der Waals surface area contributed by atoms with Crippen LogP contribution in [0.4, 0.5) is 0 Å². The maximum atomic E-state index is 10.8. The van der Waals surface area contributed by atoms with E-state index < -0.39 is 0 Å². The maximum absolute atomic E-state index is 10.8. The van der Waals surface area contributed by atoms with Crippen LogP contribution in [0.2, 0.25) is 0 Å². The Bertz CT molecular complexity index is 1050. The Hall–Kier alpha value is -2.98. The number of methoxy groups -OCH3 is 1. The van der Waals surface area contributed by atoms with Crippen LogP contribution in [0.1, 0.15) is 28.3 Å². The van der Waals surface area contributed by atoms with Gasteiger partial charge in [-0.3, -0.25) is 4.90 Å². The van der Waals surface area contributed by atoms with Gasteiger partial charge < -0.3 is 14.9 Å². The van der Waals surface area contributed by atoms with E-state index >= 15 is 0 Å². The minimum Gasteiger partial charge on any atom is -0.508 e. The van der Waals surface area contributed by atoms with Crippen molar-refractivity contribution in [2.24, 2.45) is 0 Å². The molecule has 1 atom stereocenters. The van der Waals surface area contributed by atoms with Crippen LogP contribution in [0.15, 0.2) is 54.6 Å². The number of aromatic hydroxyl groups is 2. The zero-order valence-corrected chi connectivity index (χ0v) is 15.9. The molecular formula is C24H23NO3. The molecule has 4 heteroatoms. The zero-order valence-electron chi connectivity index (χ0n) is 15.9. The van der Waals surface area contributed by atoms with Crippen molar-refractivity contribution in [3.8, 4) is 28.4 Å². The van der Waals surface area contributed by atoms with Crippen molar-refractivity contribution in [3.05, 3.63) is 76.9 Å². The van der Waals surface area contributed by atoms with Crippen molar-refractivity contribution < 1.29 is 14.9 Å². The lowest BCUT2D eigenvalue weighted by Gasteiger charge is -2.42. The van der Waals surface area contributed by atoms with Gasteiger partial charge in [-0.15, -0.1) is 0 Å². The van der Waals surface area contributed by atoms with Gasteiger partial charge >= 0.3 is 0 Å². The van der Waals surface area contributed by atoms with Crippen LogP contribution in [0.5, 0.6) is 17.2 Å². The van der Waals surface area contributed by atoms with E-state index in [2.05, 4.69) is 29.2 Å². The number of hydrogen-bond acceptors (Lipinski definition) is 4. The molecule has 0 bridgehead atoms. The molecule has 3 aromatic rings. The Morgan fingerprint density at radius 1 is 1.04 bits per heavy atom. The number of ether oxygens (including phenoxy) is 1. The van der Waals surface area contributed by atoms with E-state index in [1.54, 1.807) is 13.2 Å². The number of nitrogens with zero attached hydrogens (tertiary/aromatic N) is 1. The van der Waals surface area contributed by atoms with Gasteiger partial charge in [0, 0.05) is 24.7 Å². The average molecular weight is 373 g/mol. The molecule has 2 aliphatic rings. The van der Waals surface area contributed by atoms with Crippen molar-refractivity contribution in [2.75, 3.05) is 13.7 Å². The lowest BCUT2D eigenvalue weighted by molar-refractivity contribution is 0.173. The van der Waals surface area contributed by atoms with E-state index in [0.717, 1.165) is 42.6 Å². The SMILES string of the molecule is COc1ccc2c(c1O)-c1cc(O)cc3c1[C@@H](C2)N(Cc1ccccc1)CC3. The lowest BCUT2D eigenvalue weighted by atomic mass is 9.76. The third-order valence-electron chi connectivity index (χ3n) is 6.05. The highest BCUT2D eigenvalue weighted by Gasteiger charge is 2.36. The van der Waals surface area contributed by atoms with E-state index in [1.165, 1.54) is 16.7 Å². The van der Waals surface area contributed by atoms with Gasteiger partial charge in [-0.25, -0.2) is 0 Å². The zero-order chi connectivity index (χ0) is 19.3. The Balaban J connectivity index is 1.65. The summed E-state index contributed by atoms with van der Waals surface area (Å²) in [6.45, 7) is 1.84. The van der Waals surface area contributed by atoms with Gasteiger partial charge in [-0.05, 0) is 58.9 Å². The largest absolute Gasteiger partial charge is 0.508 e. The molecule has 0 saturated heterocycles. The molecule has 0 unspecified atom stereocenters. The van der Waals surface area contributed by atoms with Crippen molar-refractivity contribution >= 4 is 0 Å². The summed E-state index contributed by atoms with van der Waals surface area (Å²) in [4.78, 5) is 2.52. The van der Waals surface area contributed by atoms with Gasteiger partial charge in [0.2, 0.25) is 0 Å². The first-order valence-corrected chi connectivity index (χ1v) is 9.68. The Morgan fingerprint density at radius 3 is 2.64 bits per heavy atom. The predicted octanol–water partition coefficient (Wildman–Crippen LogP) is 4.43. The molecule has 3 aromatic carbocycles. The van der Waals surface area contributed by atoms with E-state index in [0.29, 0.717) is 5.75 Å². The Labute approximate surface area is 164 Å². The quantitative estimate of drug-likeness (QED) is 0.713. The summed E-state index contributed by atoms with van der Waals surface area (Å²) >= 11 is 0. The van der Waals surface area contributed by atoms with Gasteiger partial charge in [0.15, 0.2) is 11.5 Å². The summed E-state index contributed by atoms with van der Waals surface area (Å²) in [6, 6.07) is 18.3. The van der Waals surface area contributed by atoms with Gasteiger partial charge in [0.1, 0.15) is 5.75 Å². The third kappa shape index (κ3) is 2.64. The van der Waals surface area contributed by atoms with Crippen LogP contribution in [0.25, 0.3) is 11.1 Å². The van der Waals surface area contributed by atoms with E-state index in [-0.39, 0.29) is 17.5 Å². The summed E-state index contributed by atoms with van der Waals surface area (Å²) in [5, 5.41) is 21.1. The molecule has 5 rings (SSSR count). The first-order chi connectivity index (χ1) is 13.7. The van der Waals surface area contributed by atoms with Crippen LogP contribution in [0.3, 0.4) is 0 Å². The van der Waals surface area contributed by atoms with E-state index in [9.17, 15) is 10.2 Å². The number of fused-ring (bicyclic) bond motifs is 2. The van der Waals surface area contributed by atoms with E-state index in [1.807, 2.05) is 24.3 Å². The first kappa shape index (κ1) is 17.1. The fraction of sp³-hybridized carbons (Fsp3) is 0.250. The highest BCUT2D eigenvalue weighted by Crippen LogP contribution is 2.51. The lowest BCUT2D eigenvalue weighted by Crippen LogP contribution is -2.38. The maximum Gasteiger partial charge on any atom is 0.165 e. The molecule has 4 nitrogen and oxygen atoms in total. The van der Waals surface area contributed by atoms with Crippen molar-refractivity contribution in [1.82, 2.24) is 4.90 Å². The normalized spacial score (nSPS) is 17.7. The Kier molecular flexibility index (Phi) is 4.02. The van der Waals surface area contributed by atoms with Crippen molar-refractivity contribution in [1.29, 1.82) is 0 Å². The summed E-state index contributed by atoms with van der Waals surface area (Å²) in [7, 11) is 1.56. The standard InChI is InChI=1S/C24H23NO3/c1-28-21-8-7-16-12-20-22-17(11-18(26)13-19(22)23(16)24(21)27)9-10-25(20)14-15-5-3-2-4-6-15/h2-8,11,13,20,26-27H,9-10,12,14H2,1H3/t20-/m1/s1. The molecule has 2 N–H and O–H groups in total. The molecular weight excluding hydrogens is 350 g/mol. The first-order valence-electron chi connectivity index (χ1n) is 9.68. The van der Waals surface area contributed by atoms with Gasteiger partial charge in [0.05, 0.1) is 7.11 Å². The molecule has 0 aromatic heterocycles. The van der Waals surface area contributed by atoms with Crippen LogP contribution in [0, 0.1) is 0 Å². The molecule has 1 aliphatic carbocycles. The number of phenols is 2. The molecule has 0 spiro atoms. The summed E-state index contributed by atoms with van der Waals surface area (Å²) in [5.74, 6) is 0.872. The highest BCUT2D eigenvalue weighted by molar-refractivity contribution is 5.83. The number of hydrogen-bond donors (Lipinski definition) is 2. The molecule has 1 aliphatic heterocycles. The van der Waals surface area contributed by atoms with Gasteiger partial charge in [-0.1, -0.05) is 36.4 Å². The summed E-state index contributed by atoms with van der Waals surface area (Å²) in [6.07, 6.45) is 1.73. The third-order valence-corrected chi connectivity index (χ3v) is 6.05. The molecule has 0 saturated carbocycles. The summed E-state index contributed by atoms with van der Waals surface area (Å²) < 4.78 is 5.33. The highest BCUT2D eigenvalue weighted by atomic mass is 16.5. The van der Waals surface area contributed by atoms with Gasteiger partial charge in [0.25, 0.3) is 0 Å². The smallest absolute Gasteiger partial charge is 0.165 e. The molecule has 1 heterocycles. The predicted molar refractivity (Wildman–Crippen MR) is 109 cm³/mol. The number of benzene rings is 3. The second-order valence-electron chi connectivity index (χ2n) is 7.64. The molecule has 0 amide bonds. The second kappa shape index (κ2) is 6.57. The fourth-order valence-electron chi connectivity index (χ4n) is 4.80. The average Bonchev–Trinajstić information content (AvgIpc) is 2.70. The minimum absolute atomic E-state index is 0.159. The number of rotatable bonds is 3. The number of phenolic OH excluding ortho intramolecular Hbond substituents is 2. The molecule has 0 fully saturated rings. The monoisotopic (exact) mass is 373 g/mol. The van der Waals surface area contributed by atoms with Crippen LogP contribution in [-0.2, 0) is 19.4 Å². The topological polar surface area (TPSA) is 52.9 Å². The van der Waals surface area contributed by atoms with E-state index in [4.69, 9.17) is 4.74 Å². The van der Waals surface area contributed by atoms with Crippen LogP contribution >= 0.6 is 0 Å².